The Morgan fingerprint density at radius 3 is 1.93 bits per heavy atom. The second kappa shape index (κ2) is 24.3. The molecule has 0 heterocycles. The Morgan fingerprint density at radius 2 is 1.40 bits per heavy atom. The number of unbranched alkanes of at least 4 members (excludes halogenated alkanes) is 16. The van der Waals surface area contributed by atoms with Gasteiger partial charge in [0, 0.05) is 7.11 Å². The van der Waals surface area contributed by atoms with Crippen LogP contribution in [0, 0.1) is 17.1 Å². The van der Waals surface area contributed by atoms with Crippen LogP contribution in [0.1, 0.15) is 134 Å². The molecule has 9 heteroatoms. The molecule has 0 radical (unpaired) electrons. The standard InChI is InChI=1S/C36H54ClFNO5P/c1-3-4-5-6-7-8-9-10-11-12-13-14-15-16-17-18-19-22-34(42-29-32-25-31(28-39)26-33(38)27-32)30-43-45(40,41-2)44-36-24-21-20-23-35(36)37/h20-21,23-27,34H,3-19,22,29-30H2,1-2H3/t34-,45?/m1/s1. The van der Waals surface area contributed by atoms with Crippen molar-refractivity contribution in [1.29, 1.82) is 5.26 Å². The Hall–Kier alpha value is -1.94. The fourth-order valence-corrected chi connectivity index (χ4v) is 6.46. The number of ether oxygens (including phenoxy) is 1. The average Bonchev–Trinajstić information content (AvgIpc) is 3.04. The normalized spacial score (nSPS) is 13.3. The zero-order valence-corrected chi connectivity index (χ0v) is 29.1. The largest absolute Gasteiger partial charge is 0.529 e. The van der Waals surface area contributed by atoms with Gasteiger partial charge < -0.3 is 9.26 Å². The molecule has 0 aliphatic carbocycles. The third-order valence-electron chi connectivity index (χ3n) is 7.89. The molecule has 0 saturated heterocycles. The van der Waals surface area contributed by atoms with Gasteiger partial charge in [-0.15, -0.1) is 0 Å². The smallest absolute Gasteiger partial charge is 0.402 e. The van der Waals surface area contributed by atoms with Crippen molar-refractivity contribution in [3.05, 3.63) is 64.4 Å². The van der Waals surface area contributed by atoms with Crippen molar-refractivity contribution in [2.45, 2.75) is 135 Å². The molecule has 252 valence electrons. The second-order valence-corrected chi connectivity index (χ2v) is 13.9. The highest BCUT2D eigenvalue weighted by atomic mass is 35.5. The lowest BCUT2D eigenvalue weighted by atomic mass is 10.0. The summed E-state index contributed by atoms with van der Waals surface area (Å²) in [5.41, 5.74) is 0.771. The highest BCUT2D eigenvalue weighted by Gasteiger charge is 2.29. The highest BCUT2D eigenvalue weighted by molar-refractivity contribution is 7.48. The number of rotatable bonds is 27. The fraction of sp³-hybridized carbons (Fsp3) is 0.639. The van der Waals surface area contributed by atoms with Crippen LogP contribution in [0.4, 0.5) is 4.39 Å². The van der Waals surface area contributed by atoms with Crippen molar-refractivity contribution in [2.75, 3.05) is 13.7 Å². The van der Waals surface area contributed by atoms with E-state index in [-0.39, 0.29) is 29.5 Å². The van der Waals surface area contributed by atoms with Crippen LogP contribution in [-0.4, -0.2) is 19.8 Å². The first kappa shape index (κ1) is 39.2. The Morgan fingerprint density at radius 1 is 0.844 bits per heavy atom. The highest BCUT2D eigenvalue weighted by Crippen LogP contribution is 2.50. The van der Waals surface area contributed by atoms with Gasteiger partial charge in [0.2, 0.25) is 0 Å². The Labute approximate surface area is 276 Å². The average molecular weight is 666 g/mol. The van der Waals surface area contributed by atoms with Gasteiger partial charge >= 0.3 is 7.82 Å². The van der Waals surface area contributed by atoms with E-state index in [4.69, 9.17) is 29.9 Å². The summed E-state index contributed by atoms with van der Waals surface area (Å²) in [5, 5.41) is 9.46. The molecule has 2 aromatic rings. The minimum Gasteiger partial charge on any atom is -0.402 e. The van der Waals surface area contributed by atoms with E-state index in [1.54, 1.807) is 30.3 Å². The molecule has 6 nitrogen and oxygen atoms in total. The molecule has 0 aliphatic heterocycles. The topological polar surface area (TPSA) is 77.8 Å². The molecule has 0 N–H and O–H groups in total. The number of hydrogen-bond acceptors (Lipinski definition) is 6. The van der Waals surface area contributed by atoms with Gasteiger partial charge in [-0.05, 0) is 42.3 Å². The van der Waals surface area contributed by atoms with Crippen molar-refractivity contribution in [3.63, 3.8) is 0 Å². The SMILES string of the molecule is CCCCCCCCCCCCCCCCCCC[C@H](COP(=O)(OC)Oc1ccccc1Cl)OCc1cc(F)cc(C#N)c1. The van der Waals surface area contributed by atoms with Gasteiger partial charge in [-0.25, -0.2) is 8.96 Å². The summed E-state index contributed by atoms with van der Waals surface area (Å²) < 4.78 is 49.5. The molecule has 2 atom stereocenters. The van der Waals surface area contributed by atoms with Crippen molar-refractivity contribution < 1.29 is 27.3 Å². The number of benzene rings is 2. The number of para-hydroxylation sites is 1. The maximum atomic E-state index is 13.9. The minimum atomic E-state index is -3.96. The number of hydrogen-bond donors (Lipinski definition) is 0. The fourth-order valence-electron chi connectivity index (χ4n) is 5.25. The van der Waals surface area contributed by atoms with Crippen LogP contribution in [0.3, 0.4) is 0 Å². The molecular weight excluding hydrogens is 612 g/mol. The van der Waals surface area contributed by atoms with Gasteiger partial charge in [-0.2, -0.15) is 5.26 Å². The quantitative estimate of drug-likeness (QED) is 0.0698. The third kappa shape index (κ3) is 18.1. The lowest BCUT2D eigenvalue weighted by molar-refractivity contribution is -0.00443. The monoisotopic (exact) mass is 665 g/mol. The summed E-state index contributed by atoms with van der Waals surface area (Å²) in [4.78, 5) is 0. The van der Waals surface area contributed by atoms with E-state index < -0.39 is 19.7 Å². The molecule has 2 aromatic carbocycles. The Balaban J connectivity index is 1.71. The van der Waals surface area contributed by atoms with E-state index in [9.17, 15) is 14.2 Å². The predicted octanol–water partition coefficient (Wildman–Crippen LogP) is 12.1. The number of nitrogens with zero attached hydrogens (tertiary/aromatic N) is 1. The van der Waals surface area contributed by atoms with E-state index >= 15 is 0 Å². The molecule has 0 bridgehead atoms. The van der Waals surface area contributed by atoms with E-state index in [1.165, 1.54) is 109 Å². The molecule has 45 heavy (non-hydrogen) atoms. The number of nitriles is 1. The third-order valence-corrected chi connectivity index (χ3v) is 9.54. The van der Waals surface area contributed by atoms with Gasteiger partial charge in [0.15, 0.2) is 0 Å². The van der Waals surface area contributed by atoms with Crippen LogP contribution >= 0.6 is 19.4 Å². The van der Waals surface area contributed by atoms with Gasteiger partial charge in [0.1, 0.15) is 11.6 Å². The lowest BCUT2D eigenvalue weighted by Gasteiger charge is -2.22. The first-order chi connectivity index (χ1) is 21.9. The van der Waals surface area contributed by atoms with Crippen LogP contribution in [0.25, 0.3) is 0 Å². The maximum absolute atomic E-state index is 13.9. The summed E-state index contributed by atoms with van der Waals surface area (Å²) in [7, 11) is -2.71. The summed E-state index contributed by atoms with van der Waals surface area (Å²) in [6, 6.07) is 12.7. The van der Waals surface area contributed by atoms with Crippen molar-refractivity contribution >= 4 is 19.4 Å². The lowest BCUT2D eigenvalue weighted by Crippen LogP contribution is -2.20. The van der Waals surface area contributed by atoms with E-state index in [2.05, 4.69) is 6.92 Å². The molecule has 0 fully saturated rings. The molecule has 0 aromatic heterocycles. The van der Waals surface area contributed by atoms with Crippen LogP contribution in [-0.2, 0) is 25.0 Å². The van der Waals surface area contributed by atoms with Crippen LogP contribution in [0.2, 0.25) is 5.02 Å². The molecule has 0 saturated carbocycles. The summed E-state index contributed by atoms with van der Waals surface area (Å²) >= 11 is 6.15. The predicted molar refractivity (Wildman–Crippen MR) is 181 cm³/mol. The second-order valence-electron chi connectivity index (χ2n) is 11.8. The van der Waals surface area contributed by atoms with E-state index in [0.29, 0.717) is 12.0 Å². The summed E-state index contributed by atoms with van der Waals surface area (Å²) in [5.74, 6) is -0.301. The molecule has 2 rings (SSSR count). The van der Waals surface area contributed by atoms with Crippen LogP contribution < -0.4 is 4.52 Å². The van der Waals surface area contributed by atoms with Gasteiger partial charge in [-0.1, -0.05) is 140 Å². The number of halogens is 2. The van der Waals surface area contributed by atoms with E-state index in [1.807, 2.05) is 6.07 Å². The van der Waals surface area contributed by atoms with Gasteiger partial charge in [0.25, 0.3) is 0 Å². The van der Waals surface area contributed by atoms with Crippen molar-refractivity contribution in [1.82, 2.24) is 0 Å². The Kier molecular flexibility index (Phi) is 21.2. The first-order valence-electron chi connectivity index (χ1n) is 16.9. The van der Waals surface area contributed by atoms with Crippen molar-refractivity contribution in [3.8, 4) is 11.8 Å². The van der Waals surface area contributed by atoms with E-state index in [0.717, 1.165) is 19.3 Å². The molecule has 0 aliphatic rings. The van der Waals surface area contributed by atoms with Gasteiger partial charge in [0.05, 0.1) is 36.0 Å². The van der Waals surface area contributed by atoms with Gasteiger partial charge in [-0.3, -0.25) is 9.05 Å². The summed E-state index contributed by atoms with van der Waals surface area (Å²) in [6.07, 6.45) is 22.2. The maximum Gasteiger partial charge on any atom is 0.529 e. The number of phosphoric ester groups is 1. The molecule has 0 spiro atoms. The molecular formula is C36H54ClFNO5P. The number of phosphoric acid groups is 1. The molecule has 0 amide bonds. The minimum absolute atomic E-state index is 0.0468. The zero-order chi connectivity index (χ0) is 32.6. The van der Waals surface area contributed by atoms with Crippen LogP contribution in [0.5, 0.6) is 5.75 Å². The van der Waals surface area contributed by atoms with Crippen molar-refractivity contribution in [2.24, 2.45) is 0 Å². The summed E-state index contributed by atoms with van der Waals surface area (Å²) in [6.45, 7) is 2.31. The zero-order valence-electron chi connectivity index (χ0n) is 27.5. The molecule has 1 unspecified atom stereocenters. The van der Waals surface area contributed by atoms with Crippen LogP contribution in [0.15, 0.2) is 42.5 Å². The first-order valence-corrected chi connectivity index (χ1v) is 18.8. The Bertz CT molecular complexity index is 1160.